The van der Waals surface area contributed by atoms with Gasteiger partial charge in [-0.1, -0.05) is 67.6 Å². The molecule has 3 rings (SSSR count). The molecule has 1 N–H and O–H groups in total. The molecule has 0 heterocycles. The molecular formula is C20H25NO. The van der Waals surface area contributed by atoms with Crippen molar-refractivity contribution in [2.75, 3.05) is 26.2 Å². The molecule has 2 heteroatoms. The van der Waals surface area contributed by atoms with Gasteiger partial charge in [-0.25, -0.2) is 0 Å². The summed E-state index contributed by atoms with van der Waals surface area (Å²) in [6.45, 7) is 5.26. The van der Waals surface area contributed by atoms with E-state index in [0.717, 1.165) is 19.6 Å². The third-order valence-electron chi connectivity index (χ3n) is 4.87. The Morgan fingerprint density at radius 3 is 1.77 bits per heavy atom. The molecule has 1 aliphatic rings. The van der Waals surface area contributed by atoms with Crippen molar-refractivity contribution in [2.24, 2.45) is 5.92 Å². The minimum Gasteiger partial charge on any atom is -0.395 e. The van der Waals surface area contributed by atoms with Crippen LogP contribution in [0, 0.1) is 5.92 Å². The first kappa shape index (κ1) is 15.3. The highest BCUT2D eigenvalue weighted by Gasteiger charge is 2.51. The molecule has 2 unspecified atom stereocenters. The Bertz CT molecular complexity index is 523. The van der Waals surface area contributed by atoms with Gasteiger partial charge in [0.2, 0.25) is 0 Å². The molecule has 0 bridgehead atoms. The molecule has 22 heavy (non-hydrogen) atoms. The van der Waals surface area contributed by atoms with E-state index in [1.165, 1.54) is 11.1 Å². The molecular weight excluding hydrogens is 270 g/mol. The molecule has 0 radical (unpaired) electrons. The fourth-order valence-corrected chi connectivity index (χ4v) is 3.68. The number of nitrogens with zero attached hydrogens (tertiary/aromatic N) is 1. The monoisotopic (exact) mass is 295 g/mol. The quantitative estimate of drug-likeness (QED) is 0.845. The molecule has 0 amide bonds. The molecule has 2 nitrogen and oxygen atoms in total. The van der Waals surface area contributed by atoms with E-state index in [2.05, 4.69) is 72.5 Å². The standard InChI is InChI=1S/C20H25NO/c1-2-21(13-14-22)15-18-19(16-9-5-3-6-10-16)20(18)17-11-7-4-8-12-17/h3-12,18-20,22H,2,13-15H2,1H3. The van der Waals surface area contributed by atoms with Gasteiger partial charge >= 0.3 is 0 Å². The molecule has 2 aromatic carbocycles. The van der Waals surface area contributed by atoms with E-state index in [9.17, 15) is 5.11 Å². The van der Waals surface area contributed by atoms with Crippen molar-refractivity contribution in [3.05, 3.63) is 71.8 Å². The highest BCUT2D eigenvalue weighted by Crippen LogP contribution is 2.60. The van der Waals surface area contributed by atoms with Crippen LogP contribution in [0.2, 0.25) is 0 Å². The summed E-state index contributed by atoms with van der Waals surface area (Å²) < 4.78 is 0. The van der Waals surface area contributed by atoms with Gasteiger partial charge in [-0.05, 0) is 35.4 Å². The Labute approximate surface area is 133 Å². The lowest BCUT2D eigenvalue weighted by atomic mass is 10.0. The number of aliphatic hydroxyl groups is 1. The third kappa shape index (κ3) is 3.23. The van der Waals surface area contributed by atoms with E-state index < -0.39 is 0 Å². The lowest BCUT2D eigenvalue weighted by Gasteiger charge is -2.19. The molecule has 0 aromatic heterocycles. The molecule has 0 spiro atoms. The summed E-state index contributed by atoms with van der Waals surface area (Å²) in [6, 6.07) is 21.7. The normalized spacial score (nSPS) is 23.7. The van der Waals surface area contributed by atoms with Crippen LogP contribution < -0.4 is 0 Å². The zero-order chi connectivity index (χ0) is 15.4. The largest absolute Gasteiger partial charge is 0.395 e. The van der Waals surface area contributed by atoms with Crippen LogP contribution in [-0.2, 0) is 0 Å². The number of aliphatic hydroxyl groups excluding tert-OH is 1. The predicted molar refractivity (Wildman–Crippen MR) is 91.1 cm³/mol. The molecule has 2 aromatic rings. The molecule has 1 saturated carbocycles. The van der Waals surface area contributed by atoms with Crippen molar-refractivity contribution in [2.45, 2.75) is 18.8 Å². The van der Waals surface area contributed by atoms with Gasteiger partial charge in [0, 0.05) is 13.1 Å². The van der Waals surface area contributed by atoms with E-state index in [4.69, 9.17) is 0 Å². The van der Waals surface area contributed by atoms with Gasteiger partial charge in [-0.3, -0.25) is 0 Å². The number of likely N-dealkylation sites (N-methyl/N-ethyl adjacent to an activating group) is 1. The van der Waals surface area contributed by atoms with Gasteiger partial charge in [0.15, 0.2) is 0 Å². The summed E-state index contributed by atoms with van der Waals surface area (Å²) in [5, 5.41) is 9.23. The van der Waals surface area contributed by atoms with E-state index in [1.54, 1.807) is 0 Å². The van der Waals surface area contributed by atoms with Gasteiger partial charge in [0.25, 0.3) is 0 Å². The molecule has 116 valence electrons. The van der Waals surface area contributed by atoms with Crippen molar-refractivity contribution in [3.8, 4) is 0 Å². The minimum atomic E-state index is 0.243. The molecule has 0 saturated heterocycles. The summed E-state index contributed by atoms with van der Waals surface area (Å²) >= 11 is 0. The fourth-order valence-electron chi connectivity index (χ4n) is 3.68. The highest BCUT2D eigenvalue weighted by atomic mass is 16.3. The van der Waals surface area contributed by atoms with E-state index in [1.807, 2.05) is 0 Å². The smallest absolute Gasteiger partial charge is 0.0558 e. The summed E-state index contributed by atoms with van der Waals surface area (Å²) in [5.41, 5.74) is 2.89. The maximum atomic E-state index is 9.23. The predicted octanol–water partition coefficient (Wildman–Crippen LogP) is 3.50. The van der Waals surface area contributed by atoms with Gasteiger partial charge in [-0.2, -0.15) is 0 Å². The average molecular weight is 295 g/mol. The molecule has 1 aliphatic carbocycles. The molecule has 1 fully saturated rings. The lowest BCUT2D eigenvalue weighted by Crippen LogP contribution is -2.29. The van der Waals surface area contributed by atoms with Crippen LogP contribution in [0.25, 0.3) is 0 Å². The summed E-state index contributed by atoms with van der Waals surface area (Å²) in [5.74, 6) is 1.86. The van der Waals surface area contributed by atoms with Crippen LogP contribution in [-0.4, -0.2) is 36.2 Å². The number of benzene rings is 2. The lowest BCUT2D eigenvalue weighted by molar-refractivity contribution is 0.195. The number of hydrogen-bond donors (Lipinski definition) is 1. The molecule has 2 atom stereocenters. The van der Waals surface area contributed by atoms with Gasteiger partial charge in [0.05, 0.1) is 6.61 Å². The Morgan fingerprint density at radius 1 is 0.864 bits per heavy atom. The minimum absolute atomic E-state index is 0.243. The SMILES string of the molecule is CCN(CCO)CC1C(c2ccccc2)C1c1ccccc1. The fraction of sp³-hybridized carbons (Fsp3) is 0.400. The van der Waals surface area contributed by atoms with E-state index >= 15 is 0 Å². The first-order chi connectivity index (χ1) is 10.8. The average Bonchev–Trinajstić information content (AvgIpc) is 3.30. The van der Waals surface area contributed by atoms with Crippen LogP contribution in [0.15, 0.2) is 60.7 Å². The van der Waals surface area contributed by atoms with Crippen molar-refractivity contribution in [1.82, 2.24) is 4.90 Å². The Balaban J connectivity index is 1.80. The topological polar surface area (TPSA) is 23.5 Å². The highest BCUT2D eigenvalue weighted by molar-refractivity contribution is 5.39. The third-order valence-corrected chi connectivity index (χ3v) is 4.87. The second-order valence-corrected chi connectivity index (χ2v) is 6.15. The Kier molecular flexibility index (Phi) is 4.91. The second-order valence-electron chi connectivity index (χ2n) is 6.15. The van der Waals surface area contributed by atoms with Crippen molar-refractivity contribution >= 4 is 0 Å². The van der Waals surface area contributed by atoms with Crippen molar-refractivity contribution < 1.29 is 5.11 Å². The maximum absolute atomic E-state index is 9.23. The Hall–Kier alpha value is -1.64. The van der Waals surface area contributed by atoms with Crippen molar-refractivity contribution in [1.29, 1.82) is 0 Å². The second kappa shape index (κ2) is 7.08. The van der Waals surface area contributed by atoms with Crippen LogP contribution in [0.1, 0.15) is 29.9 Å². The van der Waals surface area contributed by atoms with E-state index in [-0.39, 0.29) is 6.61 Å². The summed E-state index contributed by atoms with van der Waals surface area (Å²) in [4.78, 5) is 2.36. The number of hydrogen-bond acceptors (Lipinski definition) is 2. The van der Waals surface area contributed by atoms with Gasteiger partial charge < -0.3 is 10.0 Å². The van der Waals surface area contributed by atoms with Crippen LogP contribution in [0.3, 0.4) is 0 Å². The zero-order valence-electron chi connectivity index (χ0n) is 13.2. The summed E-state index contributed by atoms with van der Waals surface area (Å²) in [6.07, 6.45) is 0. The van der Waals surface area contributed by atoms with Crippen molar-refractivity contribution in [3.63, 3.8) is 0 Å². The van der Waals surface area contributed by atoms with Crippen LogP contribution in [0.5, 0.6) is 0 Å². The first-order valence-corrected chi connectivity index (χ1v) is 8.28. The zero-order valence-corrected chi connectivity index (χ0v) is 13.2. The van der Waals surface area contributed by atoms with Crippen LogP contribution >= 0.6 is 0 Å². The molecule has 0 aliphatic heterocycles. The maximum Gasteiger partial charge on any atom is 0.0558 e. The Morgan fingerprint density at radius 2 is 1.36 bits per heavy atom. The van der Waals surface area contributed by atoms with Gasteiger partial charge in [0.1, 0.15) is 0 Å². The van der Waals surface area contributed by atoms with Crippen LogP contribution in [0.4, 0.5) is 0 Å². The van der Waals surface area contributed by atoms with E-state index in [0.29, 0.717) is 17.8 Å². The number of rotatable bonds is 7. The first-order valence-electron chi connectivity index (χ1n) is 8.28. The summed E-state index contributed by atoms with van der Waals surface area (Å²) in [7, 11) is 0. The van der Waals surface area contributed by atoms with Gasteiger partial charge in [-0.15, -0.1) is 0 Å².